The molecule has 0 radical (unpaired) electrons. The summed E-state index contributed by atoms with van der Waals surface area (Å²) >= 11 is 0. The first-order valence-electron chi connectivity index (χ1n) is 8.23. The second-order valence-electron chi connectivity index (χ2n) is 5.98. The van der Waals surface area contributed by atoms with Crippen LogP contribution in [0, 0.1) is 0 Å². The molecular weight excluding hydrogens is 300 g/mol. The Bertz CT molecular complexity index is 666. The van der Waals surface area contributed by atoms with Crippen LogP contribution in [0.3, 0.4) is 0 Å². The lowest BCUT2D eigenvalue weighted by atomic mass is 10.0. The first kappa shape index (κ1) is 18.0. The molecule has 0 saturated heterocycles. The number of aryl methyl sites for hydroxylation is 1. The second-order valence-corrected chi connectivity index (χ2v) is 5.98. The van der Waals surface area contributed by atoms with Gasteiger partial charge in [-0.15, -0.1) is 0 Å². The van der Waals surface area contributed by atoms with Gasteiger partial charge in [0.1, 0.15) is 5.75 Å². The van der Waals surface area contributed by atoms with E-state index in [1.807, 2.05) is 62.6 Å². The Balaban J connectivity index is 2.09. The third-order valence-electron chi connectivity index (χ3n) is 4.20. The van der Waals surface area contributed by atoms with Gasteiger partial charge in [0.15, 0.2) is 0 Å². The number of amides is 1. The molecule has 0 aromatic heterocycles. The first-order valence-corrected chi connectivity index (χ1v) is 8.23. The number of hydrogen-bond donors (Lipinski definition) is 1. The van der Waals surface area contributed by atoms with Gasteiger partial charge in [0.2, 0.25) is 0 Å². The highest BCUT2D eigenvalue weighted by Crippen LogP contribution is 2.27. The van der Waals surface area contributed by atoms with Crippen LogP contribution in [-0.4, -0.2) is 38.6 Å². The van der Waals surface area contributed by atoms with E-state index in [0.717, 1.165) is 17.7 Å². The molecule has 4 heteroatoms. The molecular formula is C20H26N2O2. The third kappa shape index (κ3) is 4.36. The fraction of sp³-hybridized carbons (Fsp3) is 0.350. The van der Waals surface area contributed by atoms with E-state index in [2.05, 4.69) is 17.1 Å². The van der Waals surface area contributed by atoms with Crippen LogP contribution in [0.5, 0.6) is 5.75 Å². The molecule has 0 saturated carbocycles. The summed E-state index contributed by atoms with van der Waals surface area (Å²) in [6.45, 7) is 2.62. The fourth-order valence-corrected chi connectivity index (χ4v) is 2.70. The molecule has 1 N–H and O–H groups in total. The molecule has 2 aromatic carbocycles. The fourth-order valence-electron chi connectivity index (χ4n) is 2.70. The molecule has 0 spiro atoms. The Labute approximate surface area is 144 Å². The quantitative estimate of drug-likeness (QED) is 0.849. The Morgan fingerprint density at radius 2 is 1.79 bits per heavy atom. The predicted molar refractivity (Wildman–Crippen MR) is 97.6 cm³/mol. The van der Waals surface area contributed by atoms with Crippen molar-refractivity contribution in [2.45, 2.75) is 19.4 Å². The highest BCUT2D eigenvalue weighted by molar-refractivity contribution is 5.94. The summed E-state index contributed by atoms with van der Waals surface area (Å²) in [6, 6.07) is 15.7. The third-order valence-corrected chi connectivity index (χ3v) is 4.20. The molecule has 0 fully saturated rings. The van der Waals surface area contributed by atoms with Gasteiger partial charge in [-0.3, -0.25) is 4.79 Å². The average Bonchev–Trinajstić information content (AvgIpc) is 2.62. The van der Waals surface area contributed by atoms with Crippen molar-refractivity contribution >= 4 is 5.91 Å². The molecule has 4 nitrogen and oxygen atoms in total. The zero-order valence-corrected chi connectivity index (χ0v) is 14.9. The van der Waals surface area contributed by atoms with E-state index in [1.54, 1.807) is 7.11 Å². The van der Waals surface area contributed by atoms with Crippen molar-refractivity contribution < 1.29 is 9.53 Å². The standard InChI is InChI=1S/C20H26N2O2/c1-5-15-10-12-16(13-11-15)20(23)21-14-18(22(2)3)17-8-6-7-9-19(17)24-4/h6-13,18H,5,14H2,1-4H3,(H,21,23). The van der Waals surface area contributed by atoms with Crippen molar-refractivity contribution in [2.75, 3.05) is 27.7 Å². The van der Waals surface area contributed by atoms with E-state index in [4.69, 9.17) is 4.74 Å². The van der Waals surface area contributed by atoms with Gasteiger partial charge < -0.3 is 15.0 Å². The Morgan fingerprint density at radius 1 is 1.12 bits per heavy atom. The number of carbonyl (C=O) groups excluding carboxylic acids is 1. The number of likely N-dealkylation sites (N-methyl/N-ethyl adjacent to an activating group) is 1. The minimum absolute atomic E-state index is 0.0417. The van der Waals surface area contributed by atoms with Gasteiger partial charge in [-0.25, -0.2) is 0 Å². The molecule has 0 bridgehead atoms. The maximum absolute atomic E-state index is 12.4. The van der Waals surface area contributed by atoms with Gasteiger partial charge in [0.25, 0.3) is 5.91 Å². The number of para-hydroxylation sites is 1. The largest absolute Gasteiger partial charge is 0.496 e. The smallest absolute Gasteiger partial charge is 0.251 e. The molecule has 1 atom stereocenters. The van der Waals surface area contributed by atoms with Gasteiger partial charge in [-0.05, 0) is 44.3 Å². The highest BCUT2D eigenvalue weighted by atomic mass is 16.5. The number of ether oxygens (including phenoxy) is 1. The van der Waals surface area contributed by atoms with Gasteiger partial charge in [-0.1, -0.05) is 37.3 Å². The number of carbonyl (C=O) groups is 1. The number of nitrogens with zero attached hydrogens (tertiary/aromatic N) is 1. The molecule has 0 aliphatic rings. The van der Waals surface area contributed by atoms with Crippen LogP contribution in [0.4, 0.5) is 0 Å². The second kappa shape index (κ2) is 8.50. The van der Waals surface area contributed by atoms with Crippen LogP contribution in [0.1, 0.15) is 34.5 Å². The van der Waals surface area contributed by atoms with Crippen LogP contribution in [-0.2, 0) is 6.42 Å². The summed E-state index contributed by atoms with van der Waals surface area (Å²) in [5.74, 6) is 0.775. The maximum Gasteiger partial charge on any atom is 0.251 e. The van der Waals surface area contributed by atoms with E-state index in [9.17, 15) is 4.79 Å². The molecule has 2 rings (SSSR count). The lowest BCUT2D eigenvalue weighted by Gasteiger charge is -2.26. The number of benzene rings is 2. The molecule has 0 heterocycles. The summed E-state index contributed by atoms with van der Waals surface area (Å²) in [7, 11) is 5.66. The zero-order valence-electron chi connectivity index (χ0n) is 14.9. The number of rotatable bonds is 7. The van der Waals surface area contributed by atoms with Crippen molar-refractivity contribution in [2.24, 2.45) is 0 Å². The summed E-state index contributed by atoms with van der Waals surface area (Å²) in [5.41, 5.74) is 2.98. The SMILES string of the molecule is CCc1ccc(C(=O)NCC(c2ccccc2OC)N(C)C)cc1. The van der Waals surface area contributed by atoms with Crippen molar-refractivity contribution in [3.63, 3.8) is 0 Å². The van der Waals surface area contributed by atoms with Crippen LogP contribution in [0.15, 0.2) is 48.5 Å². The van der Waals surface area contributed by atoms with E-state index < -0.39 is 0 Å². The summed E-state index contributed by atoms with van der Waals surface area (Å²) in [4.78, 5) is 14.5. The molecule has 1 amide bonds. The maximum atomic E-state index is 12.4. The van der Waals surface area contributed by atoms with Crippen LogP contribution >= 0.6 is 0 Å². The average molecular weight is 326 g/mol. The Morgan fingerprint density at radius 3 is 2.38 bits per heavy atom. The topological polar surface area (TPSA) is 41.6 Å². The van der Waals surface area contributed by atoms with E-state index in [0.29, 0.717) is 12.1 Å². The normalized spacial score (nSPS) is 12.0. The minimum atomic E-state index is -0.0561. The van der Waals surface area contributed by atoms with Gasteiger partial charge in [-0.2, -0.15) is 0 Å². The Hall–Kier alpha value is -2.33. The summed E-state index contributed by atoms with van der Waals surface area (Å²) in [5, 5.41) is 3.03. The monoisotopic (exact) mass is 326 g/mol. The van der Waals surface area contributed by atoms with E-state index >= 15 is 0 Å². The number of hydrogen-bond acceptors (Lipinski definition) is 3. The van der Waals surface area contributed by atoms with Crippen LogP contribution in [0.25, 0.3) is 0 Å². The zero-order chi connectivity index (χ0) is 17.5. The molecule has 24 heavy (non-hydrogen) atoms. The summed E-state index contributed by atoms with van der Waals surface area (Å²) < 4.78 is 5.45. The molecule has 1 unspecified atom stereocenters. The van der Waals surface area contributed by atoms with Crippen molar-refractivity contribution in [3.05, 3.63) is 65.2 Å². The summed E-state index contributed by atoms with van der Waals surface area (Å²) in [6.07, 6.45) is 0.971. The van der Waals surface area contributed by atoms with Crippen molar-refractivity contribution in [1.29, 1.82) is 0 Å². The Kier molecular flexibility index (Phi) is 6.38. The van der Waals surface area contributed by atoms with E-state index in [1.165, 1.54) is 5.56 Å². The van der Waals surface area contributed by atoms with Gasteiger partial charge in [0, 0.05) is 17.7 Å². The minimum Gasteiger partial charge on any atom is -0.496 e. The lowest BCUT2D eigenvalue weighted by Crippen LogP contribution is -2.34. The number of nitrogens with one attached hydrogen (secondary N) is 1. The van der Waals surface area contributed by atoms with Gasteiger partial charge in [0.05, 0.1) is 13.2 Å². The van der Waals surface area contributed by atoms with Gasteiger partial charge >= 0.3 is 0 Å². The molecule has 2 aromatic rings. The lowest BCUT2D eigenvalue weighted by molar-refractivity contribution is 0.0941. The van der Waals surface area contributed by atoms with Crippen molar-refractivity contribution in [3.8, 4) is 5.75 Å². The van der Waals surface area contributed by atoms with Crippen molar-refractivity contribution in [1.82, 2.24) is 10.2 Å². The highest BCUT2D eigenvalue weighted by Gasteiger charge is 2.19. The van der Waals surface area contributed by atoms with Crippen LogP contribution in [0.2, 0.25) is 0 Å². The molecule has 0 aliphatic heterocycles. The van der Waals surface area contributed by atoms with E-state index in [-0.39, 0.29) is 11.9 Å². The molecule has 0 aliphatic carbocycles. The predicted octanol–water partition coefficient (Wildman–Crippen LogP) is 3.29. The first-order chi connectivity index (χ1) is 11.6. The molecule has 128 valence electrons. The number of methoxy groups -OCH3 is 1. The van der Waals surface area contributed by atoms with Crippen LogP contribution < -0.4 is 10.1 Å².